The molecule has 0 unspecified atom stereocenters. The van der Waals surface area contributed by atoms with Crippen molar-refractivity contribution in [2.24, 2.45) is 0 Å². The number of anilines is 4. The van der Waals surface area contributed by atoms with Crippen LogP contribution in [0.2, 0.25) is 0 Å². The van der Waals surface area contributed by atoms with Crippen molar-refractivity contribution in [3.63, 3.8) is 0 Å². The number of nitriles is 2. The smallest absolute Gasteiger partial charge is 0.231 e. The van der Waals surface area contributed by atoms with Crippen molar-refractivity contribution >= 4 is 34.3 Å². The van der Waals surface area contributed by atoms with E-state index in [1.807, 2.05) is 13.8 Å². The molecule has 8 nitrogen and oxygen atoms in total. The first-order valence-electron chi connectivity index (χ1n) is 9.80. The van der Waals surface area contributed by atoms with E-state index in [9.17, 15) is 0 Å². The fourth-order valence-electron chi connectivity index (χ4n) is 3.45. The summed E-state index contributed by atoms with van der Waals surface area (Å²) in [5.74, 6) is 1.00. The Hall–Kier alpha value is -4.43. The maximum atomic E-state index is 8.96. The molecule has 31 heavy (non-hydrogen) atoms. The predicted octanol–water partition coefficient (Wildman–Crippen LogP) is 4.78. The number of H-pyrrole nitrogens is 1. The first-order chi connectivity index (χ1) is 15.1. The number of rotatable bonds is 6. The monoisotopic (exact) mass is 408 g/mol. The lowest BCUT2D eigenvalue weighted by atomic mass is 10.0. The van der Waals surface area contributed by atoms with Crippen LogP contribution in [0.4, 0.5) is 23.1 Å². The molecule has 0 fully saturated rings. The summed E-state index contributed by atoms with van der Waals surface area (Å²) in [6.45, 7) is 4.07. The van der Waals surface area contributed by atoms with Gasteiger partial charge in [-0.2, -0.15) is 20.5 Å². The number of imidazole rings is 1. The van der Waals surface area contributed by atoms with Gasteiger partial charge in [0.25, 0.3) is 0 Å². The number of hydrogen-bond donors (Lipinski definition) is 3. The minimum atomic E-state index is 0.396. The summed E-state index contributed by atoms with van der Waals surface area (Å²) in [5, 5.41) is 24.4. The molecule has 0 saturated heterocycles. The second-order valence-corrected chi connectivity index (χ2v) is 7.20. The summed E-state index contributed by atoms with van der Waals surface area (Å²) >= 11 is 0. The summed E-state index contributed by atoms with van der Waals surface area (Å²) in [6, 6.07) is 15.5. The Kier molecular flexibility index (Phi) is 5.46. The zero-order valence-corrected chi connectivity index (χ0v) is 17.2. The van der Waals surface area contributed by atoms with Crippen LogP contribution in [0.3, 0.4) is 0 Å². The van der Waals surface area contributed by atoms with Gasteiger partial charge in [0, 0.05) is 17.8 Å². The summed E-state index contributed by atoms with van der Waals surface area (Å²) in [4.78, 5) is 16.5. The van der Waals surface area contributed by atoms with Crippen LogP contribution < -0.4 is 10.6 Å². The molecule has 0 bridgehead atoms. The summed E-state index contributed by atoms with van der Waals surface area (Å²) < 4.78 is 0. The zero-order chi connectivity index (χ0) is 21.8. The second-order valence-electron chi connectivity index (χ2n) is 7.20. The van der Waals surface area contributed by atoms with Gasteiger partial charge in [-0.25, -0.2) is 4.98 Å². The molecule has 0 aliphatic heterocycles. The minimum absolute atomic E-state index is 0.396. The van der Waals surface area contributed by atoms with Gasteiger partial charge < -0.3 is 15.6 Å². The number of hydrogen-bond acceptors (Lipinski definition) is 7. The highest BCUT2D eigenvalue weighted by Crippen LogP contribution is 2.29. The number of nitrogens with one attached hydrogen (secondary N) is 3. The Morgan fingerprint density at radius 3 is 2.42 bits per heavy atom. The summed E-state index contributed by atoms with van der Waals surface area (Å²) in [6.07, 6.45) is 2.81. The molecule has 3 N–H and O–H groups in total. The maximum Gasteiger partial charge on any atom is 0.231 e. The molecule has 8 heteroatoms. The van der Waals surface area contributed by atoms with Crippen LogP contribution in [-0.4, -0.2) is 19.9 Å². The number of aromatic nitrogens is 4. The SMILES string of the molecule is Cc1cc(CCC#N)cc(C)c1Nc1nc(Nc2ccc(C#N)cc2)nc2nc[nH]c12. The number of nitrogens with zero attached hydrogens (tertiary/aromatic N) is 5. The van der Waals surface area contributed by atoms with Crippen LogP contribution in [0.15, 0.2) is 42.7 Å². The maximum absolute atomic E-state index is 8.96. The predicted molar refractivity (Wildman–Crippen MR) is 119 cm³/mol. The molecule has 2 aromatic heterocycles. The Morgan fingerprint density at radius 2 is 1.74 bits per heavy atom. The van der Waals surface area contributed by atoms with Gasteiger partial charge in [-0.1, -0.05) is 12.1 Å². The van der Waals surface area contributed by atoms with Crippen molar-refractivity contribution in [3.05, 3.63) is 65.0 Å². The molecule has 4 rings (SSSR count). The van der Waals surface area contributed by atoms with Crippen molar-refractivity contribution in [3.8, 4) is 12.1 Å². The molecule has 0 spiro atoms. The molecule has 4 aromatic rings. The van der Waals surface area contributed by atoms with E-state index in [-0.39, 0.29) is 0 Å². The van der Waals surface area contributed by atoms with Gasteiger partial charge in [-0.3, -0.25) is 0 Å². The van der Waals surface area contributed by atoms with E-state index in [0.29, 0.717) is 34.9 Å². The standard InChI is InChI=1S/C23H20N8/c1-14-10-17(4-3-9-24)11-15(2)19(14)29-22-20-21(27-13-26-20)30-23(31-22)28-18-7-5-16(12-25)6-8-18/h5-8,10-11,13H,3-4H2,1-2H3,(H3,26,27,28,29,30,31). The van der Waals surface area contributed by atoms with Gasteiger partial charge in [0.15, 0.2) is 11.5 Å². The molecular formula is C23H20N8. The van der Waals surface area contributed by atoms with E-state index in [1.165, 1.54) is 0 Å². The van der Waals surface area contributed by atoms with E-state index in [0.717, 1.165) is 34.5 Å². The fraction of sp³-hybridized carbons (Fsp3) is 0.174. The summed E-state index contributed by atoms with van der Waals surface area (Å²) in [5.41, 5.74) is 6.84. The third kappa shape index (κ3) is 4.29. The molecule has 0 saturated carbocycles. The van der Waals surface area contributed by atoms with E-state index < -0.39 is 0 Å². The van der Waals surface area contributed by atoms with Crippen LogP contribution in [0, 0.1) is 36.5 Å². The van der Waals surface area contributed by atoms with Gasteiger partial charge in [-0.05, 0) is 61.2 Å². The first kappa shape index (κ1) is 19.9. The summed E-state index contributed by atoms with van der Waals surface area (Å²) in [7, 11) is 0. The quantitative estimate of drug-likeness (QED) is 0.419. The van der Waals surface area contributed by atoms with E-state index in [2.05, 4.69) is 54.8 Å². The van der Waals surface area contributed by atoms with E-state index in [4.69, 9.17) is 10.5 Å². The number of aryl methyl sites for hydroxylation is 3. The molecule has 0 aliphatic rings. The van der Waals surface area contributed by atoms with Crippen LogP contribution in [0.1, 0.15) is 28.7 Å². The van der Waals surface area contributed by atoms with Crippen LogP contribution in [-0.2, 0) is 6.42 Å². The molecule has 0 atom stereocenters. The van der Waals surface area contributed by atoms with Crippen molar-refractivity contribution in [2.75, 3.05) is 10.6 Å². The highest BCUT2D eigenvalue weighted by molar-refractivity contribution is 5.87. The van der Waals surface area contributed by atoms with Crippen LogP contribution >= 0.6 is 0 Å². The molecule has 152 valence electrons. The minimum Gasteiger partial charge on any atom is -0.340 e. The third-order valence-corrected chi connectivity index (χ3v) is 4.92. The Labute approximate surface area is 179 Å². The number of fused-ring (bicyclic) bond motifs is 1. The highest BCUT2D eigenvalue weighted by Gasteiger charge is 2.13. The van der Waals surface area contributed by atoms with E-state index >= 15 is 0 Å². The Balaban J connectivity index is 1.67. The van der Waals surface area contributed by atoms with Gasteiger partial charge in [0.05, 0.1) is 24.0 Å². The van der Waals surface area contributed by atoms with Crippen molar-refractivity contribution in [1.82, 2.24) is 19.9 Å². The molecule has 0 aliphatic carbocycles. The fourth-order valence-corrected chi connectivity index (χ4v) is 3.45. The topological polar surface area (TPSA) is 126 Å². The number of aromatic amines is 1. The molecule has 0 radical (unpaired) electrons. The average Bonchev–Trinajstić information content (AvgIpc) is 3.24. The van der Waals surface area contributed by atoms with Gasteiger partial charge >= 0.3 is 0 Å². The van der Waals surface area contributed by atoms with Crippen molar-refractivity contribution in [2.45, 2.75) is 26.7 Å². The average molecular weight is 408 g/mol. The zero-order valence-electron chi connectivity index (χ0n) is 17.2. The normalized spacial score (nSPS) is 10.5. The largest absolute Gasteiger partial charge is 0.340 e. The molecule has 2 aromatic carbocycles. The lowest BCUT2D eigenvalue weighted by Gasteiger charge is -2.15. The van der Waals surface area contributed by atoms with E-state index in [1.54, 1.807) is 30.6 Å². The van der Waals surface area contributed by atoms with Gasteiger partial charge in [0.2, 0.25) is 5.95 Å². The molecule has 2 heterocycles. The Bertz CT molecular complexity index is 1300. The second kappa shape index (κ2) is 8.52. The lowest BCUT2D eigenvalue weighted by molar-refractivity contribution is 1.00. The lowest BCUT2D eigenvalue weighted by Crippen LogP contribution is -2.04. The van der Waals surface area contributed by atoms with Gasteiger partial charge in [-0.15, -0.1) is 0 Å². The highest BCUT2D eigenvalue weighted by atomic mass is 15.2. The molecular weight excluding hydrogens is 388 g/mol. The third-order valence-electron chi connectivity index (χ3n) is 4.92. The van der Waals surface area contributed by atoms with Crippen LogP contribution in [0.5, 0.6) is 0 Å². The Morgan fingerprint density at radius 1 is 1.00 bits per heavy atom. The van der Waals surface area contributed by atoms with Crippen molar-refractivity contribution in [1.29, 1.82) is 10.5 Å². The molecule has 0 amide bonds. The van der Waals surface area contributed by atoms with Crippen molar-refractivity contribution < 1.29 is 0 Å². The number of benzene rings is 2. The van der Waals surface area contributed by atoms with Crippen LogP contribution in [0.25, 0.3) is 11.2 Å². The van der Waals surface area contributed by atoms with Gasteiger partial charge in [0.1, 0.15) is 5.52 Å². The first-order valence-corrected chi connectivity index (χ1v) is 9.80.